The van der Waals surface area contributed by atoms with E-state index in [0.717, 1.165) is 30.2 Å². The summed E-state index contributed by atoms with van der Waals surface area (Å²) >= 11 is 0. The maximum Gasteiger partial charge on any atom is 0.154 e. The van der Waals surface area contributed by atoms with Gasteiger partial charge >= 0.3 is 0 Å². The fourth-order valence-corrected chi connectivity index (χ4v) is 1.37. The fraction of sp³-hybridized carbons (Fsp3) is 0.471. The van der Waals surface area contributed by atoms with Gasteiger partial charge in [-0.05, 0) is 39.5 Å². The monoisotopic (exact) mass is 290 g/mol. The highest BCUT2D eigenvalue weighted by molar-refractivity contribution is 5.46. The maximum absolute atomic E-state index is 5.50. The van der Waals surface area contributed by atoms with Gasteiger partial charge in [0.1, 0.15) is 5.82 Å². The Labute approximate surface area is 130 Å². The minimum atomic E-state index is 0.788. The number of allylic oxidation sites excluding steroid dienone is 3. The molecule has 0 unspecified atom stereocenters. The predicted molar refractivity (Wildman–Crippen MR) is 95.4 cm³/mol. The smallest absolute Gasteiger partial charge is 0.154 e. The first kappa shape index (κ1) is 21.3. The van der Waals surface area contributed by atoms with Crippen molar-refractivity contribution in [3.63, 3.8) is 0 Å². The Bertz CT molecular complexity index is 423. The highest BCUT2D eigenvalue weighted by atomic mass is 15.1. The summed E-state index contributed by atoms with van der Waals surface area (Å²) < 4.78 is 0. The molecule has 0 saturated heterocycles. The van der Waals surface area contributed by atoms with E-state index in [1.165, 1.54) is 0 Å². The lowest BCUT2D eigenvalue weighted by molar-refractivity contribution is 0.955. The van der Waals surface area contributed by atoms with Crippen molar-refractivity contribution in [2.24, 2.45) is 0 Å². The molecule has 4 heteroatoms. The zero-order valence-electron chi connectivity index (χ0n) is 14.3. The molecule has 0 fully saturated rings. The summed E-state index contributed by atoms with van der Waals surface area (Å²) in [6, 6.07) is 2.02. The number of hydrogen-bond donors (Lipinski definition) is 1. The van der Waals surface area contributed by atoms with Crippen LogP contribution in [0.4, 0.5) is 5.82 Å². The normalized spacial score (nSPS) is 9.81. The molecule has 1 heterocycles. The number of nitrogens with zero attached hydrogens (tertiary/aromatic N) is 3. The molecule has 0 aromatic carbocycles. The lowest BCUT2D eigenvalue weighted by atomic mass is 10.3. The first-order chi connectivity index (χ1) is 10.1. The SMILES string of the molecule is C/C=C/CC.C/C=C/c1nc(CC)cc(N(C)C)n1.C=N. The van der Waals surface area contributed by atoms with Crippen molar-refractivity contribution >= 4 is 18.6 Å². The molecule has 0 bridgehead atoms. The number of aromatic nitrogens is 2. The van der Waals surface area contributed by atoms with Crippen LogP contribution in [0.5, 0.6) is 0 Å². The van der Waals surface area contributed by atoms with Gasteiger partial charge in [-0.25, -0.2) is 9.97 Å². The summed E-state index contributed by atoms with van der Waals surface area (Å²) in [5.74, 6) is 1.75. The van der Waals surface area contributed by atoms with Crippen molar-refractivity contribution in [2.75, 3.05) is 19.0 Å². The van der Waals surface area contributed by atoms with Crippen molar-refractivity contribution < 1.29 is 0 Å². The molecule has 1 aromatic rings. The van der Waals surface area contributed by atoms with Crippen LogP contribution in [0.2, 0.25) is 0 Å². The van der Waals surface area contributed by atoms with E-state index in [1.807, 2.05) is 51.1 Å². The van der Waals surface area contributed by atoms with Crippen LogP contribution in [0.1, 0.15) is 45.6 Å². The maximum atomic E-state index is 5.50. The summed E-state index contributed by atoms with van der Waals surface area (Å²) in [5, 5.41) is 5.50. The number of anilines is 1. The van der Waals surface area contributed by atoms with Crippen molar-refractivity contribution in [1.82, 2.24) is 9.97 Å². The van der Waals surface area contributed by atoms with Crippen molar-refractivity contribution in [3.05, 3.63) is 35.8 Å². The first-order valence-electron chi connectivity index (χ1n) is 7.23. The first-order valence-corrected chi connectivity index (χ1v) is 7.23. The van der Waals surface area contributed by atoms with Crippen LogP contribution in [-0.2, 0) is 6.42 Å². The van der Waals surface area contributed by atoms with Gasteiger partial charge in [0.25, 0.3) is 0 Å². The summed E-state index contributed by atoms with van der Waals surface area (Å²) in [5.41, 5.74) is 1.08. The van der Waals surface area contributed by atoms with E-state index < -0.39 is 0 Å². The molecule has 0 aliphatic carbocycles. The van der Waals surface area contributed by atoms with E-state index in [9.17, 15) is 0 Å². The van der Waals surface area contributed by atoms with E-state index in [4.69, 9.17) is 5.41 Å². The molecular weight excluding hydrogens is 260 g/mol. The number of aryl methyl sites for hydroxylation is 1. The van der Waals surface area contributed by atoms with Gasteiger partial charge in [0.2, 0.25) is 0 Å². The van der Waals surface area contributed by atoms with E-state index in [1.54, 1.807) is 0 Å². The Morgan fingerprint density at radius 3 is 2.10 bits per heavy atom. The molecule has 4 nitrogen and oxygen atoms in total. The summed E-state index contributed by atoms with van der Waals surface area (Å²) in [4.78, 5) is 10.8. The van der Waals surface area contributed by atoms with Crippen LogP contribution >= 0.6 is 0 Å². The second-order valence-electron chi connectivity index (χ2n) is 4.30. The van der Waals surface area contributed by atoms with E-state index in [2.05, 4.69) is 42.7 Å². The second-order valence-corrected chi connectivity index (χ2v) is 4.30. The van der Waals surface area contributed by atoms with E-state index in [0.29, 0.717) is 0 Å². The molecule has 1 N–H and O–H groups in total. The van der Waals surface area contributed by atoms with Gasteiger partial charge in [0.05, 0.1) is 0 Å². The Balaban J connectivity index is 0. The largest absolute Gasteiger partial charge is 0.363 e. The molecule has 0 atom stereocenters. The van der Waals surface area contributed by atoms with Crippen LogP contribution < -0.4 is 4.90 Å². The third-order valence-electron chi connectivity index (χ3n) is 2.39. The molecule has 21 heavy (non-hydrogen) atoms. The van der Waals surface area contributed by atoms with Gasteiger partial charge in [-0.15, -0.1) is 0 Å². The van der Waals surface area contributed by atoms with Gasteiger partial charge < -0.3 is 10.3 Å². The van der Waals surface area contributed by atoms with Crippen LogP contribution in [0, 0.1) is 5.41 Å². The highest BCUT2D eigenvalue weighted by Crippen LogP contribution is 2.11. The number of nitrogens with one attached hydrogen (secondary N) is 1. The molecule has 0 amide bonds. The topological polar surface area (TPSA) is 52.9 Å². The minimum Gasteiger partial charge on any atom is -0.363 e. The minimum absolute atomic E-state index is 0.788. The number of rotatable bonds is 4. The molecule has 0 aliphatic heterocycles. The van der Waals surface area contributed by atoms with Crippen LogP contribution in [-0.4, -0.2) is 30.8 Å². The predicted octanol–water partition coefficient (Wildman–Crippen LogP) is 4.38. The standard InChI is InChI=1S/C11H17N3.C5H10.CH3N/c1-5-7-10-12-9(6-2)8-11(13-10)14(3)4;1-3-5-4-2;1-2/h5,7-8H,6H2,1-4H3;3,5H,4H2,1-2H3;2H,1H2/b7-5+;5-3+;. The van der Waals surface area contributed by atoms with Crippen LogP contribution in [0.15, 0.2) is 24.3 Å². The zero-order valence-corrected chi connectivity index (χ0v) is 14.3. The highest BCUT2D eigenvalue weighted by Gasteiger charge is 2.02. The average molecular weight is 290 g/mol. The van der Waals surface area contributed by atoms with Crippen molar-refractivity contribution in [2.45, 2.75) is 40.5 Å². The molecule has 0 spiro atoms. The Morgan fingerprint density at radius 1 is 1.14 bits per heavy atom. The van der Waals surface area contributed by atoms with Crippen molar-refractivity contribution in [3.8, 4) is 0 Å². The summed E-state index contributed by atoms with van der Waals surface area (Å²) in [6.07, 6.45) is 10.2. The Morgan fingerprint density at radius 2 is 1.76 bits per heavy atom. The Hall–Kier alpha value is -1.97. The lowest BCUT2D eigenvalue weighted by Gasteiger charge is -2.12. The van der Waals surface area contributed by atoms with Gasteiger partial charge in [0, 0.05) is 25.9 Å². The quantitative estimate of drug-likeness (QED) is 0.661. The lowest BCUT2D eigenvalue weighted by Crippen LogP contribution is -2.12. The molecule has 0 radical (unpaired) electrons. The summed E-state index contributed by atoms with van der Waals surface area (Å²) in [7, 11) is 3.97. The zero-order chi connectivity index (χ0) is 16.7. The number of hydrogen-bond acceptors (Lipinski definition) is 4. The average Bonchev–Trinajstić information content (AvgIpc) is 2.50. The van der Waals surface area contributed by atoms with Crippen LogP contribution in [0.25, 0.3) is 6.08 Å². The third kappa shape index (κ3) is 10.5. The Kier molecular flexibility index (Phi) is 14.7. The van der Waals surface area contributed by atoms with E-state index >= 15 is 0 Å². The van der Waals surface area contributed by atoms with Crippen LogP contribution in [0.3, 0.4) is 0 Å². The molecule has 0 aliphatic rings. The summed E-state index contributed by atoms with van der Waals surface area (Å²) in [6.45, 7) is 10.7. The molecule has 118 valence electrons. The fourth-order valence-electron chi connectivity index (χ4n) is 1.37. The van der Waals surface area contributed by atoms with Gasteiger partial charge in [-0.3, -0.25) is 0 Å². The molecule has 0 saturated carbocycles. The van der Waals surface area contributed by atoms with E-state index in [-0.39, 0.29) is 0 Å². The second kappa shape index (κ2) is 14.4. The van der Waals surface area contributed by atoms with Crippen molar-refractivity contribution in [1.29, 1.82) is 5.41 Å². The van der Waals surface area contributed by atoms with Gasteiger partial charge in [-0.2, -0.15) is 0 Å². The molecule has 1 aromatic heterocycles. The molecule has 1 rings (SSSR count). The van der Waals surface area contributed by atoms with Gasteiger partial charge in [-0.1, -0.05) is 32.1 Å². The molecular formula is C17H30N4. The van der Waals surface area contributed by atoms with Gasteiger partial charge in [0.15, 0.2) is 5.82 Å². The third-order valence-corrected chi connectivity index (χ3v) is 2.39.